The second-order valence-electron chi connectivity index (χ2n) is 7.42. The van der Waals surface area contributed by atoms with Gasteiger partial charge in [-0.25, -0.2) is 4.79 Å². The van der Waals surface area contributed by atoms with Crippen molar-refractivity contribution in [3.05, 3.63) is 53.3 Å². The molecule has 0 radical (unpaired) electrons. The normalized spacial score (nSPS) is 17.0. The molecule has 1 aliphatic carbocycles. The molecule has 0 fully saturated rings. The molecule has 1 unspecified atom stereocenters. The Bertz CT molecular complexity index is 706. The van der Waals surface area contributed by atoms with Gasteiger partial charge in [0.2, 0.25) is 0 Å². The molecule has 2 aromatic rings. The Morgan fingerprint density at radius 1 is 1.40 bits per heavy atom. The number of carbonyl (C=O) groups is 1. The van der Waals surface area contributed by atoms with E-state index in [4.69, 9.17) is 0 Å². The number of hydrogen-bond acceptors (Lipinski definition) is 3. The van der Waals surface area contributed by atoms with Crippen LogP contribution in [-0.2, 0) is 19.4 Å². The number of hydrogen-bond donors (Lipinski definition) is 3. The number of benzene rings is 1. The van der Waals surface area contributed by atoms with Gasteiger partial charge in [-0.15, -0.1) is 0 Å². The number of aliphatic hydroxyl groups is 1. The highest BCUT2D eigenvalue weighted by atomic mass is 16.3. The number of aryl methyl sites for hydroxylation is 1. The summed E-state index contributed by atoms with van der Waals surface area (Å²) in [4.78, 5) is 14.5. The topological polar surface area (TPSA) is 81.2 Å². The Morgan fingerprint density at radius 3 is 2.88 bits per heavy atom. The second kappa shape index (κ2) is 7.27. The summed E-state index contributed by atoms with van der Waals surface area (Å²) in [6.07, 6.45) is 4.42. The van der Waals surface area contributed by atoms with Crippen molar-refractivity contribution in [3.63, 3.8) is 0 Å². The van der Waals surface area contributed by atoms with E-state index in [1.54, 1.807) is 18.7 Å². The third-order valence-electron chi connectivity index (χ3n) is 4.43. The molecule has 3 N–H and O–H groups in total. The number of fused-ring (bicyclic) bond motifs is 1. The maximum absolute atomic E-state index is 12.8. The number of nitrogens with zero attached hydrogens (tertiary/aromatic N) is 2. The third kappa shape index (κ3) is 4.82. The summed E-state index contributed by atoms with van der Waals surface area (Å²) >= 11 is 0. The lowest BCUT2D eigenvalue weighted by Crippen LogP contribution is -2.50. The predicted molar refractivity (Wildman–Crippen MR) is 96.1 cm³/mol. The highest BCUT2D eigenvalue weighted by Gasteiger charge is 2.26. The summed E-state index contributed by atoms with van der Waals surface area (Å²) < 4.78 is 0. The van der Waals surface area contributed by atoms with Crippen molar-refractivity contribution >= 4 is 6.03 Å². The molecule has 0 saturated carbocycles. The van der Waals surface area contributed by atoms with Crippen molar-refractivity contribution < 1.29 is 9.90 Å². The van der Waals surface area contributed by atoms with Crippen LogP contribution in [0.4, 0.5) is 4.79 Å². The summed E-state index contributed by atoms with van der Waals surface area (Å²) in [7, 11) is 0. The van der Waals surface area contributed by atoms with Gasteiger partial charge < -0.3 is 15.3 Å². The Hall–Kier alpha value is -2.34. The van der Waals surface area contributed by atoms with E-state index in [0.29, 0.717) is 6.54 Å². The first kappa shape index (κ1) is 17.5. The van der Waals surface area contributed by atoms with Gasteiger partial charge in [0.1, 0.15) is 0 Å². The lowest BCUT2D eigenvalue weighted by molar-refractivity contribution is 0.0441. The summed E-state index contributed by atoms with van der Waals surface area (Å²) in [5, 5.41) is 20.4. The zero-order valence-electron chi connectivity index (χ0n) is 14.8. The standard InChI is InChI=1S/C19H26N4O2/c1-19(2,25)13-23(12-14-6-4-3-5-7-14)18(24)21-16-8-9-17-15(10-16)11-20-22-17/h3-7,11,16,25H,8-10,12-13H2,1-2H3,(H,20,22)(H,21,24). The number of H-pyrrole nitrogens is 1. The Kier molecular flexibility index (Phi) is 5.08. The van der Waals surface area contributed by atoms with Crippen LogP contribution in [0.2, 0.25) is 0 Å². The zero-order chi connectivity index (χ0) is 17.9. The van der Waals surface area contributed by atoms with Crippen molar-refractivity contribution in [2.24, 2.45) is 0 Å². The van der Waals surface area contributed by atoms with Crippen LogP contribution in [0, 0.1) is 0 Å². The van der Waals surface area contributed by atoms with Gasteiger partial charge in [0.25, 0.3) is 0 Å². The molecule has 6 nitrogen and oxygen atoms in total. The Morgan fingerprint density at radius 2 is 2.16 bits per heavy atom. The summed E-state index contributed by atoms with van der Waals surface area (Å²) in [6, 6.07) is 9.80. The number of rotatable bonds is 5. The number of amides is 2. The highest BCUT2D eigenvalue weighted by Crippen LogP contribution is 2.19. The molecular formula is C19H26N4O2. The minimum atomic E-state index is -0.948. The highest BCUT2D eigenvalue weighted by molar-refractivity contribution is 5.74. The van der Waals surface area contributed by atoms with Crippen LogP contribution < -0.4 is 5.32 Å². The number of aromatic nitrogens is 2. The predicted octanol–water partition coefficient (Wildman–Crippen LogP) is 2.25. The number of urea groups is 1. The van der Waals surface area contributed by atoms with Crippen LogP contribution in [-0.4, -0.2) is 44.4 Å². The van der Waals surface area contributed by atoms with Crippen molar-refractivity contribution in [2.45, 2.75) is 51.3 Å². The van der Waals surface area contributed by atoms with E-state index < -0.39 is 5.60 Å². The quantitative estimate of drug-likeness (QED) is 0.779. The van der Waals surface area contributed by atoms with Gasteiger partial charge in [0.15, 0.2) is 0 Å². The lowest BCUT2D eigenvalue weighted by Gasteiger charge is -2.32. The first-order valence-electron chi connectivity index (χ1n) is 8.73. The number of carbonyl (C=O) groups excluding carboxylic acids is 1. The smallest absolute Gasteiger partial charge is 0.318 e. The van der Waals surface area contributed by atoms with Crippen LogP contribution in [0.5, 0.6) is 0 Å². The average molecular weight is 342 g/mol. The fourth-order valence-electron chi connectivity index (χ4n) is 3.28. The molecule has 2 amide bonds. The van der Waals surface area contributed by atoms with Gasteiger partial charge in [-0.3, -0.25) is 5.10 Å². The summed E-state index contributed by atoms with van der Waals surface area (Å²) in [5.41, 5.74) is 2.44. The van der Waals surface area contributed by atoms with Crippen LogP contribution in [0.25, 0.3) is 0 Å². The molecule has 1 aromatic carbocycles. The lowest BCUT2D eigenvalue weighted by atomic mass is 9.94. The molecule has 1 atom stereocenters. The minimum Gasteiger partial charge on any atom is -0.389 e. The molecule has 134 valence electrons. The third-order valence-corrected chi connectivity index (χ3v) is 4.43. The van der Waals surface area contributed by atoms with E-state index in [0.717, 1.165) is 24.8 Å². The number of nitrogens with one attached hydrogen (secondary N) is 2. The van der Waals surface area contributed by atoms with Gasteiger partial charge in [0.05, 0.1) is 18.3 Å². The van der Waals surface area contributed by atoms with Gasteiger partial charge >= 0.3 is 6.03 Å². The van der Waals surface area contributed by atoms with Crippen LogP contribution in [0.15, 0.2) is 36.5 Å². The van der Waals surface area contributed by atoms with E-state index >= 15 is 0 Å². The molecule has 25 heavy (non-hydrogen) atoms. The van der Waals surface area contributed by atoms with Gasteiger partial charge in [-0.2, -0.15) is 5.10 Å². The fraction of sp³-hybridized carbons (Fsp3) is 0.474. The second-order valence-corrected chi connectivity index (χ2v) is 7.42. The van der Waals surface area contributed by atoms with Crippen molar-refractivity contribution in [1.82, 2.24) is 20.4 Å². The van der Waals surface area contributed by atoms with Crippen LogP contribution in [0.3, 0.4) is 0 Å². The average Bonchev–Trinajstić information content (AvgIpc) is 3.01. The molecule has 0 spiro atoms. The van der Waals surface area contributed by atoms with Crippen LogP contribution in [0.1, 0.15) is 37.1 Å². The first-order valence-corrected chi connectivity index (χ1v) is 8.73. The molecule has 1 aliphatic rings. The largest absolute Gasteiger partial charge is 0.389 e. The molecule has 0 bridgehead atoms. The molecule has 1 aromatic heterocycles. The van der Waals surface area contributed by atoms with Gasteiger partial charge in [-0.1, -0.05) is 30.3 Å². The van der Waals surface area contributed by atoms with Crippen molar-refractivity contribution in [1.29, 1.82) is 0 Å². The SMILES string of the molecule is CC(C)(O)CN(Cc1ccccc1)C(=O)NC1CCc2[nH]ncc2C1. The maximum Gasteiger partial charge on any atom is 0.318 e. The van der Waals surface area contributed by atoms with Crippen molar-refractivity contribution in [3.8, 4) is 0 Å². The van der Waals surface area contributed by atoms with E-state index in [2.05, 4.69) is 15.5 Å². The first-order chi connectivity index (χ1) is 11.9. The molecule has 1 heterocycles. The molecule has 0 aliphatic heterocycles. The fourth-order valence-corrected chi connectivity index (χ4v) is 3.28. The van der Waals surface area contributed by atoms with Gasteiger partial charge in [-0.05, 0) is 44.2 Å². The van der Waals surface area contributed by atoms with E-state index in [9.17, 15) is 9.90 Å². The minimum absolute atomic E-state index is 0.0951. The molecule has 6 heteroatoms. The molecule has 0 saturated heterocycles. The Balaban J connectivity index is 1.66. The van der Waals surface area contributed by atoms with E-state index in [1.165, 1.54) is 11.3 Å². The number of aromatic amines is 1. The zero-order valence-corrected chi connectivity index (χ0v) is 14.8. The molecule has 3 rings (SSSR count). The molecular weight excluding hydrogens is 316 g/mol. The summed E-state index contributed by atoms with van der Waals surface area (Å²) in [6.45, 7) is 4.19. The summed E-state index contributed by atoms with van der Waals surface area (Å²) in [5.74, 6) is 0. The van der Waals surface area contributed by atoms with E-state index in [-0.39, 0.29) is 18.6 Å². The van der Waals surface area contributed by atoms with Crippen LogP contribution >= 0.6 is 0 Å². The van der Waals surface area contributed by atoms with E-state index in [1.807, 2.05) is 36.5 Å². The van der Waals surface area contributed by atoms with Gasteiger partial charge in [0, 0.05) is 18.3 Å². The van der Waals surface area contributed by atoms with Crippen molar-refractivity contribution in [2.75, 3.05) is 6.54 Å². The maximum atomic E-state index is 12.8. The Labute approximate surface area is 148 Å². The monoisotopic (exact) mass is 342 g/mol.